The van der Waals surface area contributed by atoms with Gasteiger partial charge in [0.1, 0.15) is 5.75 Å². The van der Waals surface area contributed by atoms with Gasteiger partial charge in [0.2, 0.25) is 0 Å². The van der Waals surface area contributed by atoms with Crippen LogP contribution in [-0.2, 0) is 0 Å². The van der Waals surface area contributed by atoms with Crippen LogP contribution in [0, 0.1) is 0 Å². The molecule has 0 radical (unpaired) electrons. The minimum absolute atomic E-state index is 0.00921. The van der Waals surface area contributed by atoms with Crippen molar-refractivity contribution in [1.82, 2.24) is 5.32 Å². The quantitative estimate of drug-likeness (QED) is 0.775. The van der Waals surface area contributed by atoms with Crippen LogP contribution in [0.3, 0.4) is 0 Å². The maximum atomic E-state index is 12.1. The van der Waals surface area contributed by atoms with Gasteiger partial charge in [0, 0.05) is 11.6 Å². The van der Waals surface area contributed by atoms with E-state index >= 15 is 0 Å². The summed E-state index contributed by atoms with van der Waals surface area (Å²) in [7, 11) is 0. The molecule has 0 saturated carbocycles. The zero-order chi connectivity index (χ0) is 14.1. The minimum Gasteiger partial charge on any atom is -0.494 e. The molecule has 106 valence electrons. The van der Waals surface area contributed by atoms with Crippen molar-refractivity contribution in [1.29, 1.82) is 0 Å². The smallest absolute Gasteiger partial charge is 0.251 e. The third-order valence-electron chi connectivity index (χ3n) is 3.04. The summed E-state index contributed by atoms with van der Waals surface area (Å²) in [6, 6.07) is 7.60. The first-order valence-corrected chi connectivity index (χ1v) is 7.24. The van der Waals surface area contributed by atoms with E-state index in [1.165, 1.54) is 0 Å². The van der Waals surface area contributed by atoms with E-state index in [1.807, 2.05) is 31.2 Å². The molecule has 0 fully saturated rings. The van der Waals surface area contributed by atoms with Crippen molar-refractivity contribution in [2.24, 2.45) is 0 Å². The number of hydrogen-bond acceptors (Lipinski definition) is 2. The normalized spacial score (nSPS) is 10.5. The van der Waals surface area contributed by atoms with Crippen LogP contribution in [-0.4, -0.2) is 18.6 Å². The lowest BCUT2D eigenvalue weighted by molar-refractivity contribution is 0.0932. The molecule has 0 unspecified atom stereocenters. The highest BCUT2D eigenvalue weighted by molar-refractivity contribution is 5.94. The van der Waals surface area contributed by atoms with Gasteiger partial charge in [0.05, 0.1) is 6.61 Å². The van der Waals surface area contributed by atoms with E-state index in [4.69, 9.17) is 4.74 Å². The average molecular weight is 263 g/mol. The Morgan fingerprint density at radius 1 is 1.11 bits per heavy atom. The topological polar surface area (TPSA) is 38.3 Å². The molecule has 1 amide bonds. The number of amides is 1. The van der Waals surface area contributed by atoms with Crippen LogP contribution >= 0.6 is 0 Å². The van der Waals surface area contributed by atoms with Gasteiger partial charge in [-0.3, -0.25) is 4.79 Å². The Balaban J connectivity index is 2.60. The Kier molecular flexibility index (Phi) is 7.01. The molecule has 1 rings (SSSR count). The van der Waals surface area contributed by atoms with Gasteiger partial charge >= 0.3 is 0 Å². The van der Waals surface area contributed by atoms with Crippen molar-refractivity contribution in [3.8, 4) is 5.75 Å². The summed E-state index contributed by atoms with van der Waals surface area (Å²) < 4.78 is 5.37. The Morgan fingerprint density at radius 3 is 2.16 bits per heavy atom. The summed E-state index contributed by atoms with van der Waals surface area (Å²) >= 11 is 0. The van der Waals surface area contributed by atoms with Crippen molar-refractivity contribution in [3.63, 3.8) is 0 Å². The van der Waals surface area contributed by atoms with Crippen molar-refractivity contribution >= 4 is 5.91 Å². The Hall–Kier alpha value is -1.51. The second kappa shape index (κ2) is 8.57. The second-order valence-corrected chi connectivity index (χ2v) is 4.71. The minimum atomic E-state index is 0.00921. The molecule has 0 heterocycles. The Morgan fingerprint density at radius 2 is 1.68 bits per heavy atom. The maximum Gasteiger partial charge on any atom is 0.251 e. The first-order valence-electron chi connectivity index (χ1n) is 7.24. The fourth-order valence-electron chi connectivity index (χ4n) is 2.12. The van der Waals surface area contributed by atoms with Gasteiger partial charge < -0.3 is 10.1 Å². The second-order valence-electron chi connectivity index (χ2n) is 4.71. The van der Waals surface area contributed by atoms with Gasteiger partial charge in [-0.2, -0.15) is 0 Å². The van der Waals surface area contributed by atoms with Gasteiger partial charge in [-0.05, 0) is 44.0 Å². The van der Waals surface area contributed by atoms with E-state index in [1.54, 1.807) is 0 Å². The molecule has 1 N–H and O–H groups in total. The fourth-order valence-corrected chi connectivity index (χ4v) is 2.12. The van der Waals surface area contributed by atoms with Crippen LogP contribution in [0.15, 0.2) is 24.3 Å². The monoisotopic (exact) mass is 263 g/mol. The van der Waals surface area contributed by atoms with Gasteiger partial charge in [0.15, 0.2) is 0 Å². The predicted molar refractivity (Wildman–Crippen MR) is 78.7 cm³/mol. The summed E-state index contributed by atoms with van der Waals surface area (Å²) in [4.78, 5) is 12.1. The van der Waals surface area contributed by atoms with E-state index in [0.29, 0.717) is 12.2 Å². The molecule has 0 bridgehead atoms. The molecule has 19 heavy (non-hydrogen) atoms. The van der Waals surface area contributed by atoms with Gasteiger partial charge in [0.25, 0.3) is 5.91 Å². The molecule has 0 aliphatic carbocycles. The number of ether oxygens (including phenoxy) is 1. The molecule has 0 aromatic heterocycles. The third kappa shape index (κ3) is 5.33. The van der Waals surface area contributed by atoms with E-state index in [2.05, 4.69) is 19.2 Å². The van der Waals surface area contributed by atoms with E-state index < -0.39 is 0 Å². The van der Waals surface area contributed by atoms with Gasteiger partial charge in [-0.1, -0.05) is 26.7 Å². The highest BCUT2D eigenvalue weighted by Gasteiger charge is 2.12. The molecule has 3 heteroatoms. The van der Waals surface area contributed by atoms with Gasteiger partial charge in [-0.25, -0.2) is 0 Å². The van der Waals surface area contributed by atoms with Gasteiger partial charge in [-0.15, -0.1) is 0 Å². The zero-order valence-electron chi connectivity index (χ0n) is 12.2. The van der Waals surface area contributed by atoms with Crippen LogP contribution in [0.4, 0.5) is 0 Å². The summed E-state index contributed by atoms with van der Waals surface area (Å²) in [5, 5.41) is 3.11. The molecule has 0 atom stereocenters. The summed E-state index contributed by atoms with van der Waals surface area (Å²) in [5.74, 6) is 0.813. The average Bonchev–Trinajstić information content (AvgIpc) is 2.40. The maximum absolute atomic E-state index is 12.1. The van der Waals surface area contributed by atoms with E-state index in [-0.39, 0.29) is 11.9 Å². The number of carbonyl (C=O) groups is 1. The number of nitrogens with one attached hydrogen (secondary N) is 1. The van der Waals surface area contributed by atoms with Crippen molar-refractivity contribution in [2.45, 2.75) is 52.5 Å². The first kappa shape index (κ1) is 15.5. The standard InChI is InChI=1S/C16H25NO2/c1-4-7-14(8-5-2)17-16(18)13-9-11-15(12-10-13)19-6-3/h9-12,14H,4-8H2,1-3H3,(H,17,18). The zero-order valence-corrected chi connectivity index (χ0v) is 12.2. The van der Waals surface area contributed by atoms with Crippen molar-refractivity contribution in [3.05, 3.63) is 29.8 Å². The van der Waals surface area contributed by atoms with Crippen LogP contribution in [0.2, 0.25) is 0 Å². The Labute approximate surface area is 116 Å². The number of benzene rings is 1. The van der Waals surface area contributed by atoms with E-state index in [9.17, 15) is 4.79 Å². The summed E-state index contributed by atoms with van der Waals surface area (Å²) in [6.07, 6.45) is 4.26. The molecule has 0 saturated heterocycles. The SMILES string of the molecule is CCCC(CCC)NC(=O)c1ccc(OCC)cc1. The lowest BCUT2D eigenvalue weighted by Gasteiger charge is -2.17. The lowest BCUT2D eigenvalue weighted by atomic mass is 10.1. The van der Waals surface area contributed by atoms with Crippen molar-refractivity contribution < 1.29 is 9.53 Å². The molecule has 0 aliphatic heterocycles. The number of carbonyl (C=O) groups excluding carboxylic acids is 1. The number of hydrogen-bond donors (Lipinski definition) is 1. The Bertz CT molecular complexity index is 367. The molecule has 3 nitrogen and oxygen atoms in total. The molecule has 1 aromatic carbocycles. The van der Waals surface area contributed by atoms with Crippen LogP contribution in [0.1, 0.15) is 56.8 Å². The highest BCUT2D eigenvalue weighted by Crippen LogP contribution is 2.13. The van der Waals surface area contributed by atoms with Crippen LogP contribution in [0.5, 0.6) is 5.75 Å². The summed E-state index contributed by atoms with van der Waals surface area (Å²) in [6.45, 7) is 6.87. The predicted octanol–water partition coefficient (Wildman–Crippen LogP) is 3.78. The highest BCUT2D eigenvalue weighted by atomic mass is 16.5. The molecular formula is C16H25NO2. The molecule has 0 spiro atoms. The summed E-state index contributed by atoms with van der Waals surface area (Å²) in [5.41, 5.74) is 0.695. The first-order chi connectivity index (χ1) is 9.21. The molecular weight excluding hydrogens is 238 g/mol. The van der Waals surface area contributed by atoms with Crippen LogP contribution in [0.25, 0.3) is 0 Å². The van der Waals surface area contributed by atoms with E-state index in [0.717, 1.165) is 31.4 Å². The molecule has 0 aliphatic rings. The molecule has 1 aromatic rings. The number of rotatable bonds is 8. The van der Waals surface area contributed by atoms with Crippen LogP contribution < -0.4 is 10.1 Å². The third-order valence-corrected chi connectivity index (χ3v) is 3.04. The lowest BCUT2D eigenvalue weighted by Crippen LogP contribution is -2.34. The largest absolute Gasteiger partial charge is 0.494 e. The fraction of sp³-hybridized carbons (Fsp3) is 0.562. The van der Waals surface area contributed by atoms with Crippen molar-refractivity contribution in [2.75, 3.05) is 6.61 Å².